The van der Waals surface area contributed by atoms with Gasteiger partial charge >= 0.3 is 5.97 Å². The van der Waals surface area contributed by atoms with E-state index >= 15 is 0 Å². The summed E-state index contributed by atoms with van der Waals surface area (Å²) in [6, 6.07) is 3.40. The van der Waals surface area contributed by atoms with Gasteiger partial charge in [-0.05, 0) is 18.2 Å². The first-order chi connectivity index (χ1) is 9.88. The van der Waals surface area contributed by atoms with Crippen LogP contribution in [0, 0.1) is 5.82 Å². The second-order valence-electron chi connectivity index (χ2n) is 3.77. The van der Waals surface area contributed by atoms with Crippen molar-refractivity contribution in [2.75, 3.05) is 19.8 Å². The number of benzene rings is 1. The van der Waals surface area contributed by atoms with Gasteiger partial charge in [0.1, 0.15) is 11.6 Å². The van der Waals surface area contributed by atoms with Crippen LogP contribution >= 0.6 is 11.6 Å². The normalized spacial score (nSPS) is 9.81. The molecule has 3 N–H and O–H groups in total. The predicted molar refractivity (Wildman–Crippen MR) is 70.1 cm³/mol. The van der Waals surface area contributed by atoms with E-state index in [1.807, 2.05) is 0 Å². The fraction of sp³-hybridized carbons (Fsp3) is 0.250. The third-order valence-corrected chi connectivity index (χ3v) is 2.36. The molecule has 114 valence electrons. The highest BCUT2D eigenvalue weighted by Crippen LogP contribution is 2.24. The van der Waals surface area contributed by atoms with E-state index in [-0.39, 0.29) is 17.3 Å². The molecule has 0 unspecified atom stereocenters. The Hall–Kier alpha value is -2.35. The van der Waals surface area contributed by atoms with E-state index in [2.05, 4.69) is 10.1 Å². The van der Waals surface area contributed by atoms with E-state index in [0.29, 0.717) is 0 Å². The number of rotatable bonds is 7. The second-order valence-corrected chi connectivity index (χ2v) is 4.17. The van der Waals surface area contributed by atoms with Crippen molar-refractivity contribution in [3.05, 3.63) is 29.0 Å². The number of ether oxygens (including phenoxy) is 2. The molecule has 1 aromatic rings. The quantitative estimate of drug-likeness (QED) is 0.688. The molecule has 0 aliphatic rings. The molecular formula is C12H12ClFN2O5. The summed E-state index contributed by atoms with van der Waals surface area (Å²) in [5, 5.41) is 2.13. The van der Waals surface area contributed by atoms with Crippen molar-refractivity contribution in [2.24, 2.45) is 5.73 Å². The van der Waals surface area contributed by atoms with E-state index in [4.69, 9.17) is 22.1 Å². The van der Waals surface area contributed by atoms with E-state index in [9.17, 15) is 18.8 Å². The Morgan fingerprint density at radius 2 is 2.00 bits per heavy atom. The summed E-state index contributed by atoms with van der Waals surface area (Å²) >= 11 is 5.69. The zero-order valence-corrected chi connectivity index (χ0v) is 11.5. The lowest BCUT2D eigenvalue weighted by Crippen LogP contribution is -2.36. The van der Waals surface area contributed by atoms with Crippen molar-refractivity contribution in [3.8, 4) is 5.75 Å². The molecule has 0 spiro atoms. The van der Waals surface area contributed by atoms with Gasteiger partial charge < -0.3 is 20.5 Å². The standard InChI is InChI=1S/C12H12ClFN2O5/c13-8-3-7(14)1-2-9(8)20-6-12(19)21-5-11(18)16-4-10(15)17/h1-3H,4-6H2,(H2,15,17)(H,16,18). The molecule has 0 bridgehead atoms. The van der Waals surface area contributed by atoms with Crippen LogP contribution in [0.1, 0.15) is 0 Å². The van der Waals surface area contributed by atoms with E-state index in [0.717, 1.165) is 12.1 Å². The minimum atomic E-state index is -0.829. The zero-order chi connectivity index (χ0) is 15.8. The molecule has 0 fully saturated rings. The Morgan fingerprint density at radius 1 is 1.29 bits per heavy atom. The van der Waals surface area contributed by atoms with Crippen molar-refractivity contribution >= 4 is 29.4 Å². The zero-order valence-electron chi connectivity index (χ0n) is 10.7. The maximum absolute atomic E-state index is 12.8. The molecule has 1 aromatic carbocycles. The van der Waals surface area contributed by atoms with Crippen LogP contribution < -0.4 is 15.8 Å². The minimum Gasteiger partial charge on any atom is -0.480 e. The molecule has 0 aromatic heterocycles. The lowest BCUT2D eigenvalue weighted by Gasteiger charge is -2.08. The molecule has 0 atom stereocenters. The lowest BCUT2D eigenvalue weighted by atomic mass is 10.3. The molecule has 0 aliphatic heterocycles. The summed E-state index contributed by atoms with van der Waals surface area (Å²) in [4.78, 5) is 32.8. The minimum absolute atomic E-state index is 0.00185. The molecule has 9 heteroatoms. The van der Waals surface area contributed by atoms with Gasteiger partial charge in [-0.3, -0.25) is 9.59 Å². The van der Waals surface area contributed by atoms with Crippen LogP contribution in [0.15, 0.2) is 18.2 Å². The topological polar surface area (TPSA) is 108 Å². The van der Waals surface area contributed by atoms with Crippen molar-refractivity contribution < 1.29 is 28.2 Å². The van der Waals surface area contributed by atoms with Gasteiger partial charge in [-0.25, -0.2) is 9.18 Å². The molecule has 0 heterocycles. The Bertz CT molecular complexity index is 552. The highest BCUT2D eigenvalue weighted by Gasteiger charge is 2.10. The summed E-state index contributed by atoms with van der Waals surface area (Å²) < 4.78 is 22.4. The van der Waals surface area contributed by atoms with Crippen molar-refractivity contribution in [3.63, 3.8) is 0 Å². The maximum Gasteiger partial charge on any atom is 0.344 e. The molecule has 0 saturated carbocycles. The molecule has 1 rings (SSSR count). The van der Waals surface area contributed by atoms with Gasteiger partial charge in [0.2, 0.25) is 5.91 Å². The first-order valence-corrected chi connectivity index (χ1v) is 6.04. The highest BCUT2D eigenvalue weighted by molar-refractivity contribution is 6.32. The van der Waals surface area contributed by atoms with Gasteiger partial charge in [0.05, 0.1) is 11.6 Å². The number of esters is 1. The van der Waals surface area contributed by atoms with Crippen molar-refractivity contribution in [1.82, 2.24) is 5.32 Å². The number of nitrogens with one attached hydrogen (secondary N) is 1. The summed E-state index contributed by atoms with van der Waals surface area (Å²) in [7, 11) is 0. The lowest BCUT2D eigenvalue weighted by molar-refractivity contribution is -0.150. The Kier molecular flexibility index (Phi) is 6.41. The van der Waals surface area contributed by atoms with Gasteiger partial charge in [-0.15, -0.1) is 0 Å². The number of hydrogen-bond donors (Lipinski definition) is 2. The van der Waals surface area contributed by atoms with Crippen LogP contribution in [-0.2, 0) is 19.1 Å². The number of primary amides is 1. The van der Waals surface area contributed by atoms with Crippen LogP contribution in [0.3, 0.4) is 0 Å². The van der Waals surface area contributed by atoms with Gasteiger partial charge in [-0.1, -0.05) is 11.6 Å². The average molecular weight is 319 g/mol. The first-order valence-electron chi connectivity index (χ1n) is 5.67. The van der Waals surface area contributed by atoms with Gasteiger partial charge in [-0.2, -0.15) is 0 Å². The van der Waals surface area contributed by atoms with Crippen molar-refractivity contribution in [2.45, 2.75) is 0 Å². The summed E-state index contributed by atoms with van der Waals surface area (Å²) in [5.74, 6) is -2.66. The molecular weight excluding hydrogens is 307 g/mol. The van der Waals surface area contributed by atoms with Gasteiger partial charge in [0.15, 0.2) is 13.2 Å². The van der Waals surface area contributed by atoms with Crippen LogP contribution in [0.25, 0.3) is 0 Å². The Balaban J connectivity index is 2.31. The number of hydrogen-bond acceptors (Lipinski definition) is 5. The number of nitrogens with two attached hydrogens (primary N) is 1. The molecule has 7 nitrogen and oxygen atoms in total. The Morgan fingerprint density at radius 3 is 2.62 bits per heavy atom. The summed E-state index contributed by atoms with van der Waals surface area (Å²) in [6.07, 6.45) is 0. The Labute approximate surface area is 124 Å². The van der Waals surface area contributed by atoms with Crippen molar-refractivity contribution in [1.29, 1.82) is 0 Å². The monoisotopic (exact) mass is 318 g/mol. The second kappa shape index (κ2) is 8.05. The molecule has 2 amide bonds. The summed E-state index contributed by atoms with van der Waals surface area (Å²) in [6.45, 7) is -1.43. The van der Waals surface area contributed by atoms with Gasteiger partial charge in [0.25, 0.3) is 5.91 Å². The van der Waals surface area contributed by atoms with E-state index in [1.54, 1.807) is 0 Å². The van der Waals surface area contributed by atoms with E-state index in [1.165, 1.54) is 6.07 Å². The number of carbonyl (C=O) groups excluding carboxylic acids is 3. The van der Waals surface area contributed by atoms with Gasteiger partial charge in [0, 0.05) is 0 Å². The van der Waals surface area contributed by atoms with Crippen LogP contribution in [0.5, 0.6) is 5.75 Å². The predicted octanol–water partition coefficient (Wildman–Crippen LogP) is 0.00260. The average Bonchev–Trinajstić information content (AvgIpc) is 2.41. The third kappa shape index (κ3) is 6.57. The van der Waals surface area contributed by atoms with Crippen LogP contribution in [0.2, 0.25) is 5.02 Å². The smallest absolute Gasteiger partial charge is 0.344 e. The fourth-order valence-electron chi connectivity index (χ4n) is 1.15. The van der Waals surface area contributed by atoms with Crippen LogP contribution in [0.4, 0.5) is 4.39 Å². The highest BCUT2D eigenvalue weighted by atomic mass is 35.5. The summed E-state index contributed by atoms with van der Waals surface area (Å²) in [5.41, 5.74) is 4.81. The first kappa shape index (κ1) is 16.7. The van der Waals surface area contributed by atoms with Crippen LogP contribution in [-0.4, -0.2) is 37.5 Å². The van der Waals surface area contributed by atoms with E-state index < -0.39 is 36.8 Å². The maximum atomic E-state index is 12.8. The SMILES string of the molecule is NC(=O)CNC(=O)COC(=O)COc1ccc(F)cc1Cl. The molecule has 21 heavy (non-hydrogen) atoms. The third-order valence-electron chi connectivity index (χ3n) is 2.06. The number of halogens is 2. The number of carbonyl (C=O) groups is 3. The fourth-order valence-corrected chi connectivity index (χ4v) is 1.38. The number of amides is 2. The molecule has 0 aliphatic carbocycles. The molecule has 0 saturated heterocycles. The largest absolute Gasteiger partial charge is 0.480 e. The molecule has 0 radical (unpaired) electrons.